The van der Waals surface area contributed by atoms with Crippen LogP contribution in [0.3, 0.4) is 0 Å². The Labute approximate surface area is 242 Å². The van der Waals surface area contributed by atoms with Crippen LogP contribution in [0.1, 0.15) is 0 Å². The van der Waals surface area contributed by atoms with Crippen molar-refractivity contribution in [2.75, 3.05) is 0 Å². The standard InChI is InChI=1S/C34H19N5S2/c1-4-12-26-21(8-1)22-9-2-5-13-27(22)39(26)34-37-32(36-33(38-34)25-11-7-15-29-31(25)35-19-40-29)20-16-17-24-23-10-3-6-14-28(23)41-30(24)18-20/h1-19H. The highest BCUT2D eigenvalue weighted by Crippen LogP contribution is 2.37. The molecule has 0 amide bonds. The summed E-state index contributed by atoms with van der Waals surface area (Å²) in [4.78, 5) is 20.0. The molecule has 0 aliphatic rings. The number of aromatic nitrogens is 5. The smallest absolute Gasteiger partial charge is 0.238 e. The summed E-state index contributed by atoms with van der Waals surface area (Å²) in [6.07, 6.45) is 0. The third kappa shape index (κ3) is 3.46. The first kappa shape index (κ1) is 22.8. The van der Waals surface area contributed by atoms with Gasteiger partial charge in [-0.15, -0.1) is 22.7 Å². The van der Waals surface area contributed by atoms with Crippen molar-refractivity contribution in [2.45, 2.75) is 0 Å². The molecule has 0 fully saturated rings. The molecule has 0 spiro atoms. The van der Waals surface area contributed by atoms with Crippen molar-refractivity contribution in [3.8, 4) is 28.7 Å². The Balaban J connectivity index is 1.35. The van der Waals surface area contributed by atoms with Gasteiger partial charge in [0.25, 0.3) is 0 Å². The van der Waals surface area contributed by atoms with E-state index in [2.05, 4.69) is 107 Å². The molecule has 0 bridgehead atoms. The number of nitrogens with zero attached hydrogens (tertiary/aromatic N) is 5. The summed E-state index contributed by atoms with van der Waals surface area (Å²) in [5, 5.41) is 4.86. The van der Waals surface area contributed by atoms with Gasteiger partial charge in [0, 0.05) is 42.1 Å². The van der Waals surface area contributed by atoms with Crippen LogP contribution in [0.25, 0.3) is 80.9 Å². The molecule has 0 N–H and O–H groups in total. The van der Waals surface area contributed by atoms with Gasteiger partial charge < -0.3 is 0 Å². The van der Waals surface area contributed by atoms with E-state index in [4.69, 9.17) is 15.0 Å². The van der Waals surface area contributed by atoms with Crippen LogP contribution >= 0.6 is 22.7 Å². The van der Waals surface area contributed by atoms with E-state index in [0.29, 0.717) is 17.6 Å². The summed E-state index contributed by atoms with van der Waals surface area (Å²) in [7, 11) is 0. The zero-order valence-corrected chi connectivity index (χ0v) is 23.2. The highest BCUT2D eigenvalue weighted by molar-refractivity contribution is 7.25. The lowest BCUT2D eigenvalue weighted by molar-refractivity contribution is 0.954. The highest BCUT2D eigenvalue weighted by Gasteiger charge is 2.19. The third-order valence-electron chi connectivity index (χ3n) is 7.64. The van der Waals surface area contributed by atoms with Crippen LogP contribution in [0, 0.1) is 0 Å². The van der Waals surface area contributed by atoms with Crippen molar-refractivity contribution in [1.82, 2.24) is 24.5 Å². The van der Waals surface area contributed by atoms with Crippen LogP contribution in [0.2, 0.25) is 0 Å². The number of benzene rings is 5. The van der Waals surface area contributed by atoms with E-state index in [9.17, 15) is 0 Å². The van der Waals surface area contributed by atoms with Gasteiger partial charge in [0.1, 0.15) is 0 Å². The summed E-state index contributed by atoms with van der Waals surface area (Å²) in [5.74, 6) is 1.84. The molecule has 4 aromatic heterocycles. The molecule has 0 unspecified atom stereocenters. The van der Waals surface area contributed by atoms with Gasteiger partial charge in [0.2, 0.25) is 5.95 Å². The molecule has 5 nitrogen and oxygen atoms in total. The number of hydrogen-bond acceptors (Lipinski definition) is 6. The normalized spacial score (nSPS) is 11.9. The average molecular weight is 562 g/mol. The Morgan fingerprint density at radius 3 is 2.05 bits per heavy atom. The van der Waals surface area contributed by atoms with Crippen molar-refractivity contribution < 1.29 is 0 Å². The fourth-order valence-corrected chi connectivity index (χ4v) is 7.63. The average Bonchev–Trinajstić information content (AvgIpc) is 3.74. The zero-order valence-electron chi connectivity index (χ0n) is 21.5. The lowest BCUT2D eigenvalue weighted by Gasteiger charge is -2.11. The van der Waals surface area contributed by atoms with Gasteiger partial charge in [-0.05, 0) is 36.4 Å². The van der Waals surface area contributed by atoms with E-state index in [1.165, 1.54) is 30.9 Å². The summed E-state index contributed by atoms with van der Waals surface area (Å²) in [6.45, 7) is 0. The van der Waals surface area contributed by atoms with Crippen molar-refractivity contribution in [2.24, 2.45) is 0 Å². The van der Waals surface area contributed by atoms with Crippen molar-refractivity contribution in [1.29, 1.82) is 0 Å². The molecule has 0 aliphatic carbocycles. The Bertz CT molecular complexity index is 2400. The van der Waals surface area contributed by atoms with Gasteiger partial charge in [-0.25, -0.2) is 9.97 Å². The molecule has 0 saturated carbocycles. The second-order valence-electron chi connectivity index (χ2n) is 9.97. The fourth-order valence-electron chi connectivity index (χ4n) is 5.78. The minimum absolute atomic E-state index is 0.589. The van der Waals surface area contributed by atoms with Crippen LogP contribution in [0.5, 0.6) is 0 Å². The van der Waals surface area contributed by atoms with Gasteiger partial charge >= 0.3 is 0 Å². The molecule has 41 heavy (non-hydrogen) atoms. The second-order valence-corrected chi connectivity index (χ2v) is 11.9. The molecule has 192 valence electrons. The number of fused-ring (bicyclic) bond motifs is 7. The monoisotopic (exact) mass is 561 g/mol. The van der Waals surface area contributed by atoms with Crippen LogP contribution in [-0.4, -0.2) is 24.5 Å². The highest BCUT2D eigenvalue weighted by atomic mass is 32.1. The molecule has 0 saturated heterocycles. The van der Waals surface area contributed by atoms with E-state index >= 15 is 0 Å². The van der Waals surface area contributed by atoms with Crippen molar-refractivity contribution in [3.63, 3.8) is 0 Å². The molecular formula is C34H19N5S2. The van der Waals surface area contributed by atoms with Gasteiger partial charge in [-0.2, -0.15) is 9.97 Å². The third-order valence-corrected chi connectivity index (χ3v) is 9.57. The maximum Gasteiger partial charge on any atom is 0.238 e. The molecular weight excluding hydrogens is 543 g/mol. The summed E-state index contributed by atoms with van der Waals surface area (Å²) in [6, 6.07) is 38.1. The fraction of sp³-hybridized carbons (Fsp3) is 0. The quantitative estimate of drug-likeness (QED) is 0.216. The van der Waals surface area contributed by atoms with E-state index in [-0.39, 0.29) is 0 Å². The minimum atomic E-state index is 0.589. The van der Waals surface area contributed by atoms with Crippen molar-refractivity contribution >= 4 is 74.9 Å². The molecule has 0 aliphatic heterocycles. The molecule has 0 atom stereocenters. The second kappa shape index (κ2) is 8.76. The zero-order chi connectivity index (χ0) is 26.9. The molecule has 4 heterocycles. The predicted molar refractivity (Wildman–Crippen MR) is 171 cm³/mol. The maximum atomic E-state index is 5.13. The molecule has 9 aromatic rings. The van der Waals surface area contributed by atoms with Crippen molar-refractivity contribution in [3.05, 3.63) is 115 Å². The van der Waals surface area contributed by atoms with Crippen LogP contribution in [0.4, 0.5) is 0 Å². The minimum Gasteiger partial charge on any atom is -0.278 e. The summed E-state index contributed by atoms with van der Waals surface area (Å²) < 4.78 is 5.75. The van der Waals surface area contributed by atoms with E-state index in [1.54, 1.807) is 22.7 Å². The Morgan fingerprint density at radius 1 is 0.537 bits per heavy atom. The van der Waals surface area contributed by atoms with Crippen LogP contribution in [-0.2, 0) is 0 Å². The van der Waals surface area contributed by atoms with Gasteiger partial charge in [0.05, 0.1) is 26.8 Å². The first-order valence-corrected chi connectivity index (χ1v) is 15.0. The Kier molecular flexibility index (Phi) is 4.87. The van der Waals surface area contributed by atoms with Gasteiger partial charge in [-0.1, -0.05) is 72.8 Å². The lowest BCUT2D eigenvalue weighted by Crippen LogP contribution is -2.06. The largest absolute Gasteiger partial charge is 0.278 e. The number of thiophene rings is 1. The van der Waals surface area contributed by atoms with E-state index < -0.39 is 0 Å². The molecule has 5 aromatic carbocycles. The van der Waals surface area contributed by atoms with Gasteiger partial charge in [-0.3, -0.25) is 4.57 Å². The first-order chi connectivity index (χ1) is 20.3. The maximum absolute atomic E-state index is 5.13. The SMILES string of the molecule is c1cc(-c2nc(-c3ccc4c(c3)sc3ccccc34)nc(-n3c4ccccc4c4ccccc43)n2)c2ncsc2c1. The molecule has 0 radical (unpaired) electrons. The number of para-hydroxylation sites is 3. The summed E-state index contributed by atoms with van der Waals surface area (Å²) in [5.41, 5.74) is 6.76. The Morgan fingerprint density at radius 2 is 1.22 bits per heavy atom. The number of hydrogen-bond donors (Lipinski definition) is 0. The van der Waals surface area contributed by atoms with Crippen LogP contribution in [0.15, 0.2) is 115 Å². The van der Waals surface area contributed by atoms with Gasteiger partial charge in [0.15, 0.2) is 11.6 Å². The molecule has 9 rings (SSSR count). The topological polar surface area (TPSA) is 56.5 Å². The molecule has 7 heteroatoms. The lowest BCUT2D eigenvalue weighted by atomic mass is 10.1. The van der Waals surface area contributed by atoms with Crippen LogP contribution < -0.4 is 0 Å². The number of thiazole rings is 1. The van der Waals surface area contributed by atoms with E-state index in [1.807, 2.05) is 17.6 Å². The predicted octanol–water partition coefficient (Wildman–Crippen LogP) is 9.28. The first-order valence-electron chi connectivity index (χ1n) is 13.3. The Hall–Kier alpha value is -4.98. The van der Waals surface area contributed by atoms with E-state index in [0.717, 1.165) is 32.4 Å². The number of rotatable bonds is 3. The summed E-state index contributed by atoms with van der Waals surface area (Å²) >= 11 is 3.41.